The number of ether oxygens (including phenoxy) is 1. The smallest absolute Gasteiger partial charge is 0.416 e. The molecule has 0 radical (unpaired) electrons. The maximum atomic E-state index is 13.8. The Labute approximate surface area is 226 Å². The first-order valence-electron chi connectivity index (χ1n) is 12.0. The van der Waals surface area contributed by atoms with Gasteiger partial charge in [-0.05, 0) is 61.2 Å². The maximum Gasteiger partial charge on any atom is 0.416 e. The zero-order valence-electron chi connectivity index (χ0n) is 21.0. The van der Waals surface area contributed by atoms with E-state index in [4.69, 9.17) is 4.74 Å². The fourth-order valence-electron chi connectivity index (χ4n) is 5.22. The lowest BCUT2D eigenvalue weighted by atomic mass is 10.0. The van der Waals surface area contributed by atoms with Crippen molar-refractivity contribution in [1.82, 2.24) is 18.3 Å². The van der Waals surface area contributed by atoms with Crippen molar-refractivity contribution in [3.63, 3.8) is 0 Å². The lowest BCUT2D eigenvalue weighted by Gasteiger charge is -2.19. The summed E-state index contributed by atoms with van der Waals surface area (Å²) in [5.74, 6) is -0.971. The lowest BCUT2D eigenvalue weighted by Crippen LogP contribution is -2.44. The molecule has 204 valence electrons. The van der Waals surface area contributed by atoms with E-state index in [1.807, 2.05) is 0 Å². The van der Waals surface area contributed by atoms with Crippen molar-refractivity contribution in [2.24, 2.45) is 14.1 Å². The van der Waals surface area contributed by atoms with E-state index >= 15 is 0 Å². The molecule has 0 saturated carbocycles. The summed E-state index contributed by atoms with van der Waals surface area (Å²) in [6.07, 6.45) is -3.54. The molecule has 1 aliphatic carbocycles. The highest BCUT2D eigenvalue weighted by Gasteiger charge is 2.39. The van der Waals surface area contributed by atoms with Crippen LogP contribution in [0.1, 0.15) is 46.4 Å². The number of alkyl halides is 3. The quantitative estimate of drug-likeness (QED) is 0.330. The second kappa shape index (κ2) is 9.40. The van der Waals surface area contributed by atoms with Gasteiger partial charge in [0.2, 0.25) is 0 Å². The highest BCUT2D eigenvalue weighted by atomic mass is 79.9. The Morgan fingerprint density at radius 3 is 2.41 bits per heavy atom. The fourth-order valence-corrected chi connectivity index (χ4v) is 5.69. The standard InChI is InChI=1S/C26H22BrF3N4O5/c1-4-39-23(36)17-12-33(14-5-7-20-21(11-14)32(3)24(37)31(20)2)25(38)34(22(17)35)19-8-6-15-16(19)9-13(27)10-18(15)26(28,29)30/h5,7,9-12,19H,4,6,8H2,1-3H3. The second-order valence-electron chi connectivity index (χ2n) is 9.24. The second-order valence-corrected chi connectivity index (χ2v) is 10.2. The molecule has 9 nitrogen and oxygen atoms in total. The van der Waals surface area contributed by atoms with E-state index in [0.717, 1.165) is 21.4 Å². The summed E-state index contributed by atoms with van der Waals surface area (Å²) in [6.45, 7) is 1.52. The molecule has 1 unspecified atom stereocenters. The Kier molecular flexibility index (Phi) is 6.44. The zero-order chi connectivity index (χ0) is 28.4. The molecule has 5 rings (SSSR count). The summed E-state index contributed by atoms with van der Waals surface area (Å²) < 4.78 is 51.3. The number of halogens is 4. The molecule has 39 heavy (non-hydrogen) atoms. The van der Waals surface area contributed by atoms with E-state index < -0.39 is 40.6 Å². The van der Waals surface area contributed by atoms with Crippen molar-refractivity contribution in [1.29, 1.82) is 0 Å². The molecular formula is C26H22BrF3N4O5. The number of hydrogen-bond acceptors (Lipinski definition) is 5. The van der Waals surface area contributed by atoms with Gasteiger partial charge in [0.1, 0.15) is 5.56 Å². The summed E-state index contributed by atoms with van der Waals surface area (Å²) in [6, 6.07) is 6.11. The van der Waals surface area contributed by atoms with Crippen LogP contribution in [0, 0.1) is 0 Å². The van der Waals surface area contributed by atoms with Gasteiger partial charge < -0.3 is 4.74 Å². The predicted molar refractivity (Wildman–Crippen MR) is 140 cm³/mol. The Morgan fingerprint density at radius 2 is 1.74 bits per heavy atom. The van der Waals surface area contributed by atoms with Crippen LogP contribution >= 0.6 is 15.9 Å². The number of aromatic nitrogens is 4. The number of imidazole rings is 1. The Morgan fingerprint density at radius 1 is 1.05 bits per heavy atom. The maximum absolute atomic E-state index is 13.8. The number of carbonyl (C=O) groups excluding carboxylic acids is 1. The molecule has 2 aromatic carbocycles. The van der Waals surface area contributed by atoms with Gasteiger partial charge in [0.05, 0.1) is 34.9 Å². The zero-order valence-corrected chi connectivity index (χ0v) is 22.6. The van der Waals surface area contributed by atoms with Gasteiger partial charge in [-0.3, -0.25) is 23.1 Å². The van der Waals surface area contributed by atoms with E-state index in [9.17, 15) is 32.3 Å². The Bertz CT molecular complexity index is 1850. The molecule has 4 aromatic rings. The summed E-state index contributed by atoms with van der Waals surface area (Å²) in [4.78, 5) is 52.6. The molecule has 1 aliphatic rings. The van der Waals surface area contributed by atoms with Crippen molar-refractivity contribution in [2.75, 3.05) is 6.61 Å². The summed E-state index contributed by atoms with van der Waals surface area (Å²) in [7, 11) is 3.16. The normalized spacial score (nSPS) is 15.1. The van der Waals surface area contributed by atoms with Crippen LogP contribution in [0.15, 0.2) is 55.4 Å². The number of hydrogen-bond donors (Lipinski definition) is 0. The molecule has 2 aromatic heterocycles. The summed E-state index contributed by atoms with van der Waals surface area (Å²) >= 11 is 3.12. The highest BCUT2D eigenvalue weighted by Crippen LogP contribution is 2.43. The van der Waals surface area contributed by atoms with Crippen LogP contribution in [0.5, 0.6) is 0 Å². The van der Waals surface area contributed by atoms with Gasteiger partial charge in [0.15, 0.2) is 0 Å². The van der Waals surface area contributed by atoms with Crippen molar-refractivity contribution in [3.8, 4) is 5.69 Å². The molecule has 0 spiro atoms. The van der Waals surface area contributed by atoms with Crippen LogP contribution < -0.4 is 16.9 Å². The predicted octanol–water partition coefficient (Wildman–Crippen LogP) is 3.68. The minimum atomic E-state index is -4.64. The van der Waals surface area contributed by atoms with Crippen molar-refractivity contribution in [3.05, 3.63) is 94.6 Å². The number of aryl methyl sites for hydroxylation is 2. The molecule has 0 amide bonds. The molecule has 0 aliphatic heterocycles. The van der Waals surface area contributed by atoms with Gasteiger partial charge in [-0.2, -0.15) is 13.2 Å². The minimum absolute atomic E-state index is 0.00390. The summed E-state index contributed by atoms with van der Waals surface area (Å²) in [5, 5.41) is 0. The van der Waals surface area contributed by atoms with Gasteiger partial charge in [-0.1, -0.05) is 15.9 Å². The van der Waals surface area contributed by atoms with Crippen LogP contribution in [0.4, 0.5) is 13.2 Å². The third-order valence-corrected chi connectivity index (χ3v) is 7.50. The topological polar surface area (TPSA) is 97.2 Å². The number of esters is 1. The minimum Gasteiger partial charge on any atom is -0.462 e. The number of carbonyl (C=O) groups is 1. The SMILES string of the molecule is CCOC(=O)c1cn(-c2ccc3c(c2)n(C)c(=O)n3C)c(=O)n(C2CCc3c2cc(Br)cc3C(F)(F)F)c1=O. The van der Waals surface area contributed by atoms with Crippen LogP contribution in [0.3, 0.4) is 0 Å². The third kappa shape index (κ3) is 4.24. The van der Waals surface area contributed by atoms with E-state index in [-0.39, 0.29) is 46.4 Å². The van der Waals surface area contributed by atoms with Crippen LogP contribution in [0.25, 0.3) is 16.7 Å². The van der Waals surface area contributed by atoms with Crippen molar-refractivity contribution >= 4 is 32.9 Å². The molecule has 2 heterocycles. The van der Waals surface area contributed by atoms with Crippen LogP contribution in [0.2, 0.25) is 0 Å². The fraction of sp³-hybridized carbons (Fsp3) is 0.308. The molecule has 0 fully saturated rings. The van der Waals surface area contributed by atoms with Gasteiger partial charge in [-0.25, -0.2) is 14.4 Å². The largest absolute Gasteiger partial charge is 0.462 e. The van der Waals surface area contributed by atoms with Crippen molar-refractivity contribution in [2.45, 2.75) is 32.0 Å². The number of fused-ring (bicyclic) bond motifs is 2. The summed E-state index contributed by atoms with van der Waals surface area (Å²) in [5.41, 5.74) is -1.90. The van der Waals surface area contributed by atoms with Gasteiger partial charge in [0, 0.05) is 24.8 Å². The van der Waals surface area contributed by atoms with Gasteiger partial charge in [0.25, 0.3) is 5.56 Å². The van der Waals surface area contributed by atoms with Crippen molar-refractivity contribution < 1.29 is 22.7 Å². The van der Waals surface area contributed by atoms with Gasteiger partial charge >= 0.3 is 23.5 Å². The average Bonchev–Trinajstić information content (AvgIpc) is 3.37. The van der Waals surface area contributed by atoms with Crippen LogP contribution in [-0.4, -0.2) is 30.8 Å². The third-order valence-electron chi connectivity index (χ3n) is 7.04. The Hall–Kier alpha value is -3.87. The van der Waals surface area contributed by atoms with E-state index in [0.29, 0.717) is 11.0 Å². The first-order valence-corrected chi connectivity index (χ1v) is 12.7. The highest BCUT2D eigenvalue weighted by molar-refractivity contribution is 9.10. The van der Waals surface area contributed by atoms with E-state index in [2.05, 4.69) is 15.9 Å². The van der Waals surface area contributed by atoms with Gasteiger partial charge in [-0.15, -0.1) is 0 Å². The molecule has 0 saturated heterocycles. The molecular weight excluding hydrogens is 585 g/mol. The molecule has 1 atom stereocenters. The number of rotatable bonds is 4. The monoisotopic (exact) mass is 606 g/mol. The average molecular weight is 607 g/mol. The first-order chi connectivity index (χ1) is 18.3. The lowest BCUT2D eigenvalue weighted by molar-refractivity contribution is -0.138. The Balaban J connectivity index is 1.79. The molecule has 0 bridgehead atoms. The first kappa shape index (κ1) is 26.7. The number of benzene rings is 2. The number of nitrogens with zero attached hydrogens (tertiary/aromatic N) is 4. The van der Waals surface area contributed by atoms with Crippen LogP contribution in [-0.2, 0) is 31.4 Å². The molecule has 13 heteroatoms. The molecule has 0 N–H and O–H groups in total. The van der Waals surface area contributed by atoms with E-state index in [1.54, 1.807) is 39.2 Å². The van der Waals surface area contributed by atoms with E-state index in [1.165, 1.54) is 15.2 Å².